The van der Waals surface area contributed by atoms with Crippen LogP contribution in [0.2, 0.25) is 5.02 Å². The van der Waals surface area contributed by atoms with Crippen molar-refractivity contribution in [3.63, 3.8) is 0 Å². The van der Waals surface area contributed by atoms with Crippen molar-refractivity contribution in [2.45, 2.75) is 25.7 Å². The number of aryl methyl sites for hydroxylation is 1. The summed E-state index contributed by atoms with van der Waals surface area (Å²) < 4.78 is 1.59. The lowest BCUT2D eigenvalue weighted by atomic mass is 10.2. The number of rotatable bonds is 2. The highest BCUT2D eigenvalue weighted by molar-refractivity contribution is 6.30. The van der Waals surface area contributed by atoms with Crippen LogP contribution in [-0.4, -0.2) is 20.5 Å². The molecule has 5 heteroatoms. The zero-order chi connectivity index (χ0) is 12.2. The van der Waals surface area contributed by atoms with E-state index >= 15 is 0 Å². The van der Waals surface area contributed by atoms with Crippen LogP contribution in [0.4, 0.5) is 0 Å². The van der Waals surface area contributed by atoms with Gasteiger partial charge in [-0.15, -0.1) is 0 Å². The monoisotopic (exact) mass is 250 g/mol. The SMILES string of the molecule is Cc1cc(Cl)cn2c(C(=O)O)c(C3CC3)nc12. The molecule has 1 saturated carbocycles. The van der Waals surface area contributed by atoms with E-state index in [9.17, 15) is 9.90 Å². The van der Waals surface area contributed by atoms with Crippen molar-refractivity contribution in [3.8, 4) is 0 Å². The van der Waals surface area contributed by atoms with Gasteiger partial charge in [-0.2, -0.15) is 0 Å². The lowest BCUT2D eigenvalue weighted by Crippen LogP contribution is -2.05. The van der Waals surface area contributed by atoms with Crippen LogP contribution in [0, 0.1) is 6.92 Å². The highest BCUT2D eigenvalue weighted by Gasteiger charge is 2.32. The second kappa shape index (κ2) is 3.47. The maximum Gasteiger partial charge on any atom is 0.354 e. The Kier molecular flexibility index (Phi) is 2.16. The summed E-state index contributed by atoms with van der Waals surface area (Å²) in [7, 11) is 0. The van der Waals surface area contributed by atoms with Crippen molar-refractivity contribution in [3.05, 3.63) is 34.2 Å². The first-order valence-electron chi connectivity index (χ1n) is 5.49. The minimum absolute atomic E-state index is 0.258. The van der Waals surface area contributed by atoms with E-state index < -0.39 is 5.97 Å². The first kappa shape index (κ1) is 10.6. The van der Waals surface area contributed by atoms with Crippen molar-refractivity contribution in [2.24, 2.45) is 0 Å². The van der Waals surface area contributed by atoms with Gasteiger partial charge in [0.1, 0.15) is 5.65 Å². The standard InChI is InChI=1S/C12H11ClN2O2/c1-6-4-8(13)5-15-10(12(16)17)9(7-2-3-7)14-11(6)15/h4-5,7H,2-3H2,1H3,(H,16,17). The Bertz CT molecular complexity index is 629. The van der Waals surface area contributed by atoms with Gasteiger partial charge in [0.2, 0.25) is 0 Å². The van der Waals surface area contributed by atoms with Crippen LogP contribution in [-0.2, 0) is 0 Å². The topological polar surface area (TPSA) is 54.6 Å². The predicted molar refractivity (Wildman–Crippen MR) is 63.9 cm³/mol. The molecule has 0 saturated heterocycles. The van der Waals surface area contributed by atoms with Gasteiger partial charge < -0.3 is 5.11 Å². The Balaban J connectivity index is 2.38. The highest BCUT2D eigenvalue weighted by Crippen LogP contribution is 2.41. The summed E-state index contributed by atoms with van der Waals surface area (Å²) >= 11 is 5.96. The Hall–Kier alpha value is -1.55. The molecule has 1 N–H and O–H groups in total. The maximum absolute atomic E-state index is 11.3. The number of imidazole rings is 1. The summed E-state index contributed by atoms with van der Waals surface area (Å²) in [5.74, 6) is -0.639. The second-order valence-corrected chi connectivity index (χ2v) is 4.90. The largest absolute Gasteiger partial charge is 0.477 e. The number of nitrogens with zero attached hydrogens (tertiary/aromatic N) is 2. The van der Waals surface area contributed by atoms with Gasteiger partial charge in [0.25, 0.3) is 0 Å². The zero-order valence-electron chi connectivity index (χ0n) is 9.27. The number of aromatic nitrogens is 2. The molecule has 3 rings (SSSR count). The molecule has 0 unspecified atom stereocenters. The van der Waals surface area contributed by atoms with Crippen molar-refractivity contribution < 1.29 is 9.90 Å². The molecule has 88 valence electrons. The third-order valence-corrected chi connectivity index (χ3v) is 3.27. The van der Waals surface area contributed by atoms with E-state index in [1.807, 2.05) is 6.92 Å². The third kappa shape index (κ3) is 1.60. The van der Waals surface area contributed by atoms with Crippen LogP contribution in [0.3, 0.4) is 0 Å². The Morgan fingerprint density at radius 3 is 2.88 bits per heavy atom. The normalized spacial score (nSPS) is 15.4. The molecule has 0 amide bonds. The van der Waals surface area contributed by atoms with Crippen molar-refractivity contribution in [1.82, 2.24) is 9.38 Å². The summed E-state index contributed by atoms with van der Waals surface area (Å²) in [6, 6.07) is 1.80. The minimum atomic E-state index is -0.943. The molecule has 1 fully saturated rings. The molecule has 0 aromatic carbocycles. The fourth-order valence-corrected chi connectivity index (χ4v) is 2.40. The number of fused-ring (bicyclic) bond motifs is 1. The minimum Gasteiger partial charge on any atom is -0.477 e. The van der Waals surface area contributed by atoms with E-state index in [1.165, 1.54) is 0 Å². The first-order chi connectivity index (χ1) is 8.08. The van der Waals surface area contributed by atoms with Gasteiger partial charge in [-0.1, -0.05) is 11.6 Å². The highest BCUT2D eigenvalue weighted by atomic mass is 35.5. The van der Waals surface area contributed by atoms with E-state index in [-0.39, 0.29) is 5.69 Å². The molecule has 0 aliphatic heterocycles. The number of hydrogen-bond donors (Lipinski definition) is 1. The quantitative estimate of drug-likeness (QED) is 0.892. The third-order valence-electron chi connectivity index (χ3n) is 3.06. The fraction of sp³-hybridized carbons (Fsp3) is 0.333. The van der Waals surface area contributed by atoms with Gasteiger partial charge in [-0.25, -0.2) is 9.78 Å². The van der Waals surface area contributed by atoms with E-state index in [2.05, 4.69) is 4.98 Å². The Morgan fingerprint density at radius 2 is 2.29 bits per heavy atom. The lowest BCUT2D eigenvalue weighted by Gasteiger charge is -2.01. The molecule has 0 spiro atoms. The van der Waals surface area contributed by atoms with E-state index in [0.717, 1.165) is 18.4 Å². The van der Waals surface area contributed by atoms with Gasteiger partial charge in [0.05, 0.1) is 10.7 Å². The van der Waals surface area contributed by atoms with E-state index in [0.29, 0.717) is 22.3 Å². The van der Waals surface area contributed by atoms with E-state index in [1.54, 1.807) is 16.7 Å². The van der Waals surface area contributed by atoms with Crippen LogP contribution < -0.4 is 0 Å². The predicted octanol–water partition coefficient (Wildman–Crippen LogP) is 2.87. The molecule has 4 nitrogen and oxygen atoms in total. The summed E-state index contributed by atoms with van der Waals surface area (Å²) in [4.78, 5) is 15.8. The molecule has 0 radical (unpaired) electrons. The molecule has 2 heterocycles. The maximum atomic E-state index is 11.3. The van der Waals surface area contributed by atoms with Crippen LogP contribution in [0.5, 0.6) is 0 Å². The molecule has 2 aromatic heterocycles. The van der Waals surface area contributed by atoms with Gasteiger partial charge in [-0.3, -0.25) is 4.40 Å². The summed E-state index contributed by atoms with van der Waals surface area (Å²) in [6.45, 7) is 1.89. The average molecular weight is 251 g/mol. The van der Waals surface area contributed by atoms with Crippen LogP contribution in [0.15, 0.2) is 12.3 Å². The van der Waals surface area contributed by atoms with Crippen molar-refractivity contribution in [2.75, 3.05) is 0 Å². The van der Waals surface area contributed by atoms with E-state index in [4.69, 9.17) is 11.6 Å². The Labute approximate surface area is 103 Å². The van der Waals surface area contributed by atoms with Crippen LogP contribution >= 0.6 is 11.6 Å². The molecule has 17 heavy (non-hydrogen) atoms. The summed E-state index contributed by atoms with van der Waals surface area (Å²) in [5, 5.41) is 9.83. The van der Waals surface area contributed by atoms with Crippen LogP contribution in [0.1, 0.15) is 40.5 Å². The van der Waals surface area contributed by atoms with Gasteiger partial charge >= 0.3 is 5.97 Å². The molecular weight excluding hydrogens is 240 g/mol. The zero-order valence-corrected chi connectivity index (χ0v) is 10.0. The number of pyridine rings is 1. The number of hydrogen-bond acceptors (Lipinski definition) is 2. The fourth-order valence-electron chi connectivity index (χ4n) is 2.14. The first-order valence-corrected chi connectivity index (χ1v) is 5.87. The average Bonchev–Trinajstić information content (AvgIpc) is 2.99. The molecule has 0 bridgehead atoms. The number of carboxylic acid groups (broad SMARTS) is 1. The molecule has 2 aromatic rings. The number of carboxylic acids is 1. The summed E-state index contributed by atoms with van der Waals surface area (Å²) in [6.07, 6.45) is 3.67. The second-order valence-electron chi connectivity index (χ2n) is 4.46. The van der Waals surface area contributed by atoms with Crippen molar-refractivity contribution >= 4 is 23.2 Å². The van der Waals surface area contributed by atoms with Crippen LogP contribution in [0.25, 0.3) is 5.65 Å². The van der Waals surface area contributed by atoms with Gasteiger partial charge in [0, 0.05) is 12.1 Å². The number of aromatic carboxylic acids is 1. The molecule has 1 aliphatic carbocycles. The van der Waals surface area contributed by atoms with Gasteiger partial charge in [0.15, 0.2) is 5.69 Å². The molecule has 1 aliphatic rings. The van der Waals surface area contributed by atoms with Gasteiger partial charge in [-0.05, 0) is 31.4 Å². The summed E-state index contributed by atoms with van der Waals surface area (Å²) in [5.41, 5.74) is 2.54. The lowest BCUT2D eigenvalue weighted by molar-refractivity contribution is 0.0688. The number of carbonyl (C=O) groups is 1. The van der Waals surface area contributed by atoms with Crippen molar-refractivity contribution in [1.29, 1.82) is 0 Å². The number of halogens is 1. The molecular formula is C12H11ClN2O2. The molecule has 0 atom stereocenters. The smallest absolute Gasteiger partial charge is 0.354 e. The Morgan fingerprint density at radius 1 is 1.59 bits per heavy atom.